The van der Waals surface area contributed by atoms with Gasteiger partial charge in [0.05, 0.1) is 0 Å². The molecule has 1 heterocycles. The van der Waals surface area contributed by atoms with Gasteiger partial charge in [-0.15, -0.1) is 11.3 Å². The van der Waals surface area contributed by atoms with Crippen molar-refractivity contribution < 1.29 is 0 Å². The predicted molar refractivity (Wildman–Crippen MR) is 66.6 cm³/mol. The Morgan fingerprint density at radius 2 is 2.07 bits per heavy atom. The molecule has 0 aliphatic heterocycles. The second-order valence-corrected chi connectivity index (χ2v) is 4.46. The third kappa shape index (κ3) is 2.02. The van der Waals surface area contributed by atoms with Crippen molar-refractivity contribution >= 4 is 17.2 Å². The molecule has 0 fully saturated rings. The number of anilines is 1. The molecule has 0 unspecified atom stereocenters. The summed E-state index contributed by atoms with van der Waals surface area (Å²) in [7, 11) is 1.89. The normalized spacial score (nSPS) is 10.3. The Morgan fingerprint density at radius 1 is 1.27 bits per heavy atom. The van der Waals surface area contributed by atoms with E-state index in [4.69, 9.17) is 0 Å². The highest BCUT2D eigenvalue weighted by atomic mass is 32.1. The zero-order valence-corrected chi connectivity index (χ0v) is 9.98. The van der Waals surface area contributed by atoms with Crippen LogP contribution >= 0.6 is 11.3 Å². The van der Waals surface area contributed by atoms with E-state index in [1.165, 1.54) is 16.7 Å². The Bertz CT molecular complexity index is 474. The van der Waals surface area contributed by atoms with Crippen molar-refractivity contribution in [3.63, 3.8) is 0 Å². The summed E-state index contributed by atoms with van der Waals surface area (Å²) in [5.41, 5.74) is 3.81. The van der Waals surface area contributed by atoms with E-state index < -0.39 is 0 Å². The lowest BCUT2D eigenvalue weighted by Crippen LogP contribution is -1.88. The highest BCUT2D eigenvalue weighted by molar-refractivity contribution is 7.13. The number of aryl methyl sites for hydroxylation is 2. The Kier molecular flexibility index (Phi) is 2.73. The molecule has 0 radical (unpaired) electrons. The first-order valence-corrected chi connectivity index (χ1v) is 5.79. The lowest BCUT2D eigenvalue weighted by atomic mass is 10.1. The van der Waals surface area contributed by atoms with E-state index in [9.17, 15) is 0 Å². The van der Waals surface area contributed by atoms with Crippen LogP contribution in [0.4, 0.5) is 5.82 Å². The van der Waals surface area contributed by atoms with Crippen LogP contribution in [0, 0.1) is 13.8 Å². The smallest absolute Gasteiger partial charge is 0.137 e. The van der Waals surface area contributed by atoms with Gasteiger partial charge in [-0.3, -0.25) is 0 Å². The molecule has 1 aromatic heterocycles. The minimum Gasteiger partial charge on any atom is -0.372 e. The quantitative estimate of drug-likeness (QED) is 0.835. The molecule has 0 saturated heterocycles. The third-order valence-electron chi connectivity index (χ3n) is 2.37. The lowest BCUT2D eigenvalue weighted by Gasteiger charge is -2.02. The van der Waals surface area contributed by atoms with Gasteiger partial charge < -0.3 is 5.32 Å². The van der Waals surface area contributed by atoms with Crippen molar-refractivity contribution in [2.45, 2.75) is 13.8 Å². The fraction of sp³-hybridized carbons (Fsp3) is 0.250. The first-order chi connectivity index (χ1) is 7.20. The Morgan fingerprint density at radius 3 is 2.67 bits per heavy atom. The molecule has 0 amide bonds. The second kappa shape index (κ2) is 4.03. The maximum absolute atomic E-state index is 4.50. The first-order valence-electron chi connectivity index (χ1n) is 4.91. The molecule has 1 N–H and O–H groups in total. The fourth-order valence-corrected chi connectivity index (χ4v) is 2.47. The van der Waals surface area contributed by atoms with Crippen molar-refractivity contribution in [1.82, 2.24) is 4.98 Å². The van der Waals surface area contributed by atoms with Crippen LogP contribution in [-0.4, -0.2) is 12.0 Å². The van der Waals surface area contributed by atoms with Gasteiger partial charge in [-0.05, 0) is 19.4 Å². The number of aromatic nitrogens is 1. The number of hydrogen-bond acceptors (Lipinski definition) is 3. The van der Waals surface area contributed by atoms with Crippen LogP contribution in [0.5, 0.6) is 0 Å². The molecule has 0 spiro atoms. The van der Waals surface area contributed by atoms with E-state index in [0.717, 1.165) is 10.8 Å². The van der Waals surface area contributed by atoms with E-state index >= 15 is 0 Å². The highest BCUT2D eigenvalue weighted by Gasteiger charge is 2.06. The van der Waals surface area contributed by atoms with Crippen LogP contribution in [-0.2, 0) is 0 Å². The zero-order valence-electron chi connectivity index (χ0n) is 9.16. The standard InChI is InChI=1S/C12H14N2S/c1-8-4-5-10(9(2)6-8)12-14-11(13-3)7-15-12/h4-7,13H,1-3H3. The number of nitrogens with one attached hydrogen (secondary N) is 1. The van der Waals surface area contributed by atoms with Crippen LogP contribution in [0.25, 0.3) is 10.6 Å². The monoisotopic (exact) mass is 218 g/mol. The maximum Gasteiger partial charge on any atom is 0.137 e. The number of benzene rings is 1. The molecule has 2 rings (SSSR count). The van der Waals surface area contributed by atoms with Crippen molar-refractivity contribution in [3.8, 4) is 10.6 Å². The SMILES string of the molecule is CNc1csc(-c2ccc(C)cc2C)n1. The van der Waals surface area contributed by atoms with Gasteiger partial charge in [0, 0.05) is 18.0 Å². The molecule has 0 aliphatic rings. The summed E-state index contributed by atoms with van der Waals surface area (Å²) < 4.78 is 0. The molecule has 0 bridgehead atoms. The minimum atomic E-state index is 0.940. The fourth-order valence-electron chi connectivity index (χ4n) is 1.57. The molecule has 0 atom stereocenters. The molecular weight excluding hydrogens is 204 g/mol. The van der Waals surface area contributed by atoms with Gasteiger partial charge in [0.15, 0.2) is 0 Å². The molecule has 0 saturated carbocycles. The summed E-state index contributed by atoms with van der Waals surface area (Å²) in [6, 6.07) is 6.46. The van der Waals surface area contributed by atoms with Gasteiger partial charge in [0.1, 0.15) is 10.8 Å². The summed E-state index contributed by atoms with van der Waals surface area (Å²) in [6.45, 7) is 4.24. The van der Waals surface area contributed by atoms with Crippen molar-refractivity contribution in [2.75, 3.05) is 12.4 Å². The molecule has 3 heteroatoms. The number of thiazole rings is 1. The van der Waals surface area contributed by atoms with Gasteiger partial charge in [0.25, 0.3) is 0 Å². The Hall–Kier alpha value is -1.35. The second-order valence-electron chi connectivity index (χ2n) is 3.61. The number of hydrogen-bond donors (Lipinski definition) is 1. The average Bonchev–Trinajstić information content (AvgIpc) is 2.66. The third-order valence-corrected chi connectivity index (χ3v) is 3.25. The van der Waals surface area contributed by atoms with Crippen LogP contribution in [0.1, 0.15) is 11.1 Å². The summed E-state index contributed by atoms with van der Waals surface area (Å²) in [6.07, 6.45) is 0. The van der Waals surface area contributed by atoms with E-state index in [1.54, 1.807) is 11.3 Å². The van der Waals surface area contributed by atoms with Crippen LogP contribution in [0.2, 0.25) is 0 Å². The molecule has 0 aliphatic carbocycles. The topological polar surface area (TPSA) is 24.9 Å². The van der Waals surface area contributed by atoms with Crippen molar-refractivity contribution in [2.24, 2.45) is 0 Å². The van der Waals surface area contributed by atoms with E-state index in [2.05, 4.69) is 42.3 Å². The summed E-state index contributed by atoms with van der Waals surface area (Å²) in [5.74, 6) is 0.940. The number of rotatable bonds is 2. The van der Waals surface area contributed by atoms with E-state index in [-0.39, 0.29) is 0 Å². The van der Waals surface area contributed by atoms with Gasteiger partial charge in [0.2, 0.25) is 0 Å². The summed E-state index contributed by atoms with van der Waals surface area (Å²) in [5, 5.41) is 6.16. The average molecular weight is 218 g/mol. The van der Waals surface area contributed by atoms with Crippen molar-refractivity contribution in [3.05, 3.63) is 34.7 Å². The molecule has 2 aromatic rings. The molecular formula is C12H14N2S. The van der Waals surface area contributed by atoms with E-state index in [0.29, 0.717) is 0 Å². The molecule has 15 heavy (non-hydrogen) atoms. The summed E-state index contributed by atoms with van der Waals surface area (Å²) in [4.78, 5) is 4.50. The van der Waals surface area contributed by atoms with Gasteiger partial charge in [-0.25, -0.2) is 4.98 Å². The van der Waals surface area contributed by atoms with Crippen LogP contribution < -0.4 is 5.32 Å². The Balaban J connectivity index is 2.44. The molecule has 1 aromatic carbocycles. The molecule has 2 nitrogen and oxygen atoms in total. The summed E-state index contributed by atoms with van der Waals surface area (Å²) >= 11 is 1.67. The Labute approximate surface area is 94.0 Å². The van der Waals surface area contributed by atoms with Crippen LogP contribution in [0.3, 0.4) is 0 Å². The molecule has 78 valence electrons. The van der Waals surface area contributed by atoms with Crippen molar-refractivity contribution in [1.29, 1.82) is 0 Å². The highest BCUT2D eigenvalue weighted by Crippen LogP contribution is 2.28. The predicted octanol–water partition coefficient (Wildman–Crippen LogP) is 3.47. The minimum absolute atomic E-state index is 0.940. The van der Waals surface area contributed by atoms with E-state index in [1.807, 2.05) is 12.4 Å². The van der Waals surface area contributed by atoms with Gasteiger partial charge in [-0.2, -0.15) is 0 Å². The zero-order chi connectivity index (χ0) is 10.8. The van der Waals surface area contributed by atoms with Gasteiger partial charge >= 0.3 is 0 Å². The largest absolute Gasteiger partial charge is 0.372 e. The first kappa shape index (κ1) is 10.2. The maximum atomic E-state index is 4.50. The van der Waals surface area contributed by atoms with Crippen LogP contribution in [0.15, 0.2) is 23.6 Å². The van der Waals surface area contributed by atoms with Gasteiger partial charge in [-0.1, -0.05) is 23.8 Å². The lowest BCUT2D eigenvalue weighted by molar-refractivity contribution is 1.32. The number of nitrogens with zero attached hydrogens (tertiary/aromatic N) is 1.